The lowest BCUT2D eigenvalue weighted by molar-refractivity contribution is 0.0938. The molecule has 0 radical (unpaired) electrons. The number of methoxy groups -OCH3 is 3. The molecule has 1 unspecified atom stereocenters. The smallest absolute Gasteiger partial charge is 0.253 e. The van der Waals surface area contributed by atoms with Crippen LogP contribution in [0.1, 0.15) is 28.9 Å². The van der Waals surface area contributed by atoms with E-state index in [2.05, 4.69) is 21.2 Å². The summed E-state index contributed by atoms with van der Waals surface area (Å²) in [6.07, 6.45) is 0. The van der Waals surface area contributed by atoms with Crippen LogP contribution in [0.15, 0.2) is 40.9 Å². The Morgan fingerprint density at radius 1 is 1.00 bits per heavy atom. The van der Waals surface area contributed by atoms with Gasteiger partial charge < -0.3 is 19.5 Å². The molecule has 1 atom stereocenters. The fourth-order valence-corrected chi connectivity index (χ4v) is 2.76. The predicted molar refractivity (Wildman–Crippen MR) is 96.1 cm³/mol. The highest BCUT2D eigenvalue weighted by Crippen LogP contribution is 2.30. The van der Waals surface area contributed by atoms with Gasteiger partial charge in [0.2, 0.25) is 0 Å². The zero-order valence-electron chi connectivity index (χ0n) is 14.1. The topological polar surface area (TPSA) is 56.8 Å². The van der Waals surface area contributed by atoms with Gasteiger partial charge in [-0.25, -0.2) is 0 Å². The molecular weight excluding hydrogens is 374 g/mol. The first-order valence-electron chi connectivity index (χ1n) is 7.36. The molecule has 0 spiro atoms. The van der Waals surface area contributed by atoms with Gasteiger partial charge in [-0.05, 0) is 53.2 Å². The second-order valence-corrected chi connectivity index (χ2v) is 6.00. The van der Waals surface area contributed by atoms with Crippen LogP contribution in [0.5, 0.6) is 17.2 Å². The Labute approximate surface area is 150 Å². The van der Waals surface area contributed by atoms with Crippen molar-refractivity contribution in [2.45, 2.75) is 13.0 Å². The first-order valence-corrected chi connectivity index (χ1v) is 8.15. The van der Waals surface area contributed by atoms with Gasteiger partial charge in [-0.1, -0.05) is 0 Å². The third-order valence-electron chi connectivity index (χ3n) is 3.67. The number of nitrogens with one attached hydrogen (secondary N) is 1. The van der Waals surface area contributed by atoms with E-state index in [1.54, 1.807) is 45.6 Å². The van der Waals surface area contributed by atoms with E-state index in [1.165, 1.54) is 0 Å². The maximum Gasteiger partial charge on any atom is 0.253 e. The lowest BCUT2D eigenvalue weighted by atomic mass is 10.1. The number of hydrogen-bond donors (Lipinski definition) is 1. The Kier molecular flexibility index (Phi) is 6.09. The first-order chi connectivity index (χ1) is 11.5. The number of amides is 1. The van der Waals surface area contributed by atoms with Crippen molar-refractivity contribution in [2.75, 3.05) is 21.3 Å². The SMILES string of the molecule is COc1ccc(C(C)NC(=O)c2cc(OC)ccc2Br)c(OC)c1. The van der Waals surface area contributed by atoms with E-state index in [0.717, 1.165) is 5.56 Å². The molecule has 0 aliphatic heterocycles. The molecule has 0 fully saturated rings. The number of halogens is 1. The molecule has 0 aromatic heterocycles. The second kappa shape index (κ2) is 8.06. The average molecular weight is 394 g/mol. The van der Waals surface area contributed by atoms with E-state index in [0.29, 0.717) is 27.3 Å². The molecule has 0 saturated heterocycles. The minimum atomic E-state index is -0.239. The largest absolute Gasteiger partial charge is 0.497 e. The van der Waals surface area contributed by atoms with E-state index < -0.39 is 0 Å². The monoisotopic (exact) mass is 393 g/mol. The van der Waals surface area contributed by atoms with Crippen molar-refractivity contribution in [1.29, 1.82) is 0 Å². The van der Waals surface area contributed by atoms with Crippen molar-refractivity contribution in [3.05, 3.63) is 52.0 Å². The number of carbonyl (C=O) groups excluding carboxylic acids is 1. The van der Waals surface area contributed by atoms with E-state index in [9.17, 15) is 4.79 Å². The molecule has 6 heteroatoms. The fraction of sp³-hybridized carbons (Fsp3) is 0.278. The van der Waals surface area contributed by atoms with E-state index in [1.807, 2.05) is 19.1 Å². The normalized spacial score (nSPS) is 11.5. The molecular formula is C18H20BrNO4. The van der Waals surface area contributed by atoms with Gasteiger partial charge in [-0.3, -0.25) is 4.79 Å². The minimum absolute atomic E-state index is 0.203. The van der Waals surface area contributed by atoms with E-state index in [-0.39, 0.29) is 11.9 Å². The standard InChI is InChI=1S/C18H20BrNO4/c1-11(14-7-5-13(23-3)10-17(14)24-4)20-18(21)15-9-12(22-2)6-8-16(15)19/h5-11H,1-4H3,(H,20,21). The number of rotatable bonds is 6. The zero-order chi connectivity index (χ0) is 17.7. The molecule has 2 aromatic rings. The maximum atomic E-state index is 12.6. The van der Waals surface area contributed by atoms with Crippen LogP contribution in [0, 0.1) is 0 Å². The second-order valence-electron chi connectivity index (χ2n) is 5.15. The van der Waals surface area contributed by atoms with Crippen molar-refractivity contribution in [1.82, 2.24) is 5.32 Å². The summed E-state index contributed by atoms with van der Waals surface area (Å²) in [5.74, 6) is 1.78. The molecule has 0 bridgehead atoms. The Morgan fingerprint density at radius 3 is 2.25 bits per heavy atom. The summed E-state index contributed by atoms with van der Waals surface area (Å²) in [5.41, 5.74) is 1.37. The number of hydrogen-bond acceptors (Lipinski definition) is 4. The van der Waals surface area contributed by atoms with Gasteiger partial charge in [0, 0.05) is 16.1 Å². The van der Waals surface area contributed by atoms with Gasteiger partial charge in [0.1, 0.15) is 17.2 Å². The Balaban J connectivity index is 2.23. The molecule has 128 valence electrons. The zero-order valence-corrected chi connectivity index (χ0v) is 15.6. The number of carbonyl (C=O) groups is 1. The lowest BCUT2D eigenvalue weighted by Crippen LogP contribution is -2.27. The van der Waals surface area contributed by atoms with Crippen LogP contribution in [0.3, 0.4) is 0 Å². The Morgan fingerprint density at radius 2 is 1.62 bits per heavy atom. The van der Waals surface area contributed by atoms with Crippen molar-refractivity contribution >= 4 is 21.8 Å². The highest BCUT2D eigenvalue weighted by atomic mass is 79.9. The van der Waals surface area contributed by atoms with Gasteiger partial charge in [0.05, 0.1) is 32.9 Å². The molecule has 1 amide bonds. The van der Waals surface area contributed by atoms with Crippen molar-refractivity contribution < 1.29 is 19.0 Å². The van der Waals surface area contributed by atoms with Crippen molar-refractivity contribution in [3.63, 3.8) is 0 Å². The molecule has 0 heterocycles. The molecule has 5 nitrogen and oxygen atoms in total. The van der Waals surface area contributed by atoms with Crippen LogP contribution < -0.4 is 19.5 Å². The van der Waals surface area contributed by atoms with Crippen LogP contribution in [0.2, 0.25) is 0 Å². The summed E-state index contributed by atoms with van der Waals surface area (Å²) in [4.78, 5) is 12.6. The highest BCUT2D eigenvalue weighted by Gasteiger charge is 2.18. The van der Waals surface area contributed by atoms with Crippen LogP contribution in [0.25, 0.3) is 0 Å². The van der Waals surface area contributed by atoms with E-state index >= 15 is 0 Å². The van der Waals surface area contributed by atoms with Crippen LogP contribution in [-0.4, -0.2) is 27.2 Å². The summed E-state index contributed by atoms with van der Waals surface area (Å²) in [7, 11) is 4.75. The van der Waals surface area contributed by atoms with Gasteiger partial charge in [0.15, 0.2) is 0 Å². The molecule has 0 aliphatic carbocycles. The quantitative estimate of drug-likeness (QED) is 0.806. The summed E-state index contributed by atoms with van der Waals surface area (Å²) in [5, 5.41) is 2.97. The average Bonchev–Trinajstić information content (AvgIpc) is 2.61. The fourth-order valence-electron chi connectivity index (χ4n) is 2.33. The van der Waals surface area contributed by atoms with Gasteiger partial charge >= 0.3 is 0 Å². The Bertz CT molecular complexity index is 733. The van der Waals surface area contributed by atoms with Gasteiger partial charge in [0.25, 0.3) is 5.91 Å². The molecule has 24 heavy (non-hydrogen) atoms. The van der Waals surface area contributed by atoms with Crippen molar-refractivity contribution in [2.24, 2.45) is 0 Å². The minimum Gasteiger partial charge on any atom is -0.497 e. The molecule has 2 rings (SSSR count). The molecule has 2 aromatic carbocycles. The van der Waals surface area contributed by atoms with Crippen LogP contribution >= 0.6 is 15.9 Å². The van der Waals surface area contributed by atoms with Gasteiger partial charge in [-0.2, -0.15) is 0 Å². The summed E-state index contributed by atoms with van der Waals surface area (Å²) in [6, 6.07) is 10.5. The Hall–Kier alpha value is -2.21. The van der Waals surface area contributed by atoms with Gasteiger partial charge in [-0.15, -0.1) is 0 Å². The van der Waals surface area contributed by atoms with E-state index in [4.69, 9.17) is 14.2 Å². The number of benzene rings is 2. The van der Waals surface area contributed by atoms with Crippen LogP contribution in [-0.2, 0) is 0 Å². The maximum absolute atomic E-state index is 12.6. The molecule has 1 N–H and O–H groups in total. The van der Waals surface area contributed by atoms with Crippen LogP contribution in [0.4, 0.5) is 0 Å². The number of ether oxygens (including phenoxy) is 3. The third kappa shape index (κ3) is 4.00. The first kappa shape index (κ1) is 18.1. The highest BCUT2D eigenvalue weighted by molar-refractivity contribution is 9.10. The summed E-state index contributed by atoms with van der Waals surface area (Å²) in [6.45, 7) is 1.90. The summed E-state index contributed by atoms with van der Waals surface area (Å²) < 4.78 is 16.5. The lowest BCUT2D eigenvalue weighted by Gasteiger charge is -2.18. The molecule has 0 saturated carbocycles. The molecule has 0 aliphatic rings. The summed E-state index contributed by atoms with van der Waals surface area (Å²) >= 11 is 3.40. The third-order valence-corrected chi connectivity index (χ3v) is 4.36. The predicted octanol–water partition coefficient (Wildman–Crippen LogP) is 3.97. The van der Waals surface area contributed by atoms with Crippen molar-refractivity contribution in [3.8, 4) is 17.2 Å².